The van der Waals surface area contributed by atoms with Crippen LogP contribution in [0.25, 0.3) is 0 Å². The van der Waals surface area contributed by atoms with Gasteiger partial charge in [-0.15, -0.1) is 0 Å². The van der Waals surface area contributed by atoms with Crippen molar-refractivity contribution in [2.24, 2.45) is 0 Å². The molecule has 1 aliphatic rings. The quantitative estimate of drug-likeness (QED) is 0.502. The minimum atomic E-state index is -1.70. The molecule has 0 aliphatic heterocycles. The van der Waals surface area contributed by atoms with Gasteiger partial charge < -0.3 is 4.43 Å². The van der Waals surface area contributed by atoms with Gasteiger partial charge in [0.05, 0.1) is 0 Å². The van der Waals surface area contributed by atoms with Gasteiger partial charge in [0.2, 0.25) is 0 Å². The molecule has 1 rings (SSSR count). The molecule has 0 fully saturated rings. The Morgan fingerprint density at radius 3 is 2.47 bits per heavy atom. The molecule has 0 aromatic heterocycles. The Morgan fingerprint density at radius 2 is 1.95 bits per heavy atom. The van der Waals surface area contributed by atoms with Gasteiger partial charge in [0.25, 0.3) is 0 Å². The first-order valence-electron chi connectivity index (χ1n) is 7.49. The van der Waals surface area contributed by atoms with Crippen LogP contribution in [0.5, 0.6) is 0 Å². The van der Waals surface area contributed by atoms with E-state index in [1.54, 1.807) is 6.08 Å². The summed E-state index contributed by atoms with van der Waals surface area (Å²) in [7, 11) is -1.70. The third-order valence-electron chi connectivity index (χ3n) is 3.25. The fourth-order valence-corrected chi connectivity index (χ4v) is 3.88. The van der Waals surface area contributed by atoms with Gasteiger partial charge in [-0.25, -0.2) is 0 Å². The van der Waals surface area contributed by atoms with E-state index in [4.69, 9.17) is 4.43 Å². The van der Waals surface area contributed by atoms with Gasteiger partial charge in [-0.1, -0.05) is 39.2 Å². The largest absolute Gasteiger partial charge is 0.405 e. The summed E-state index contributed by atoms with van der Waals surface area (Å²) in [5, 5.41) is 0. The predicted molar refractivity (Wildman–Crippen MR) is 83.8 cm³/mol. The van der Waals surface area contributed by atoms with Crippen LogP contribution in [-0.2, 0) is 9.22 Å². The fraction of sp³-hybridized carbons (Fsp3) is 0.688. The zero-order valence-electron chi connectivity index (χ0n) is 13.1. The van der Waals surface area contributed by atoms with Crippen LogP contribution in [0.1, 0.15) is 46.0 Å². The lowest BCUT2D eigenvalue weighted by atomic mass is 9.90. The number of hydrogen-bond acceptors (Lipinski definition) is 2. The molecule has 0 radical (unpaired) electrons. The molecule has 0 saturated carbocycles. The van der Waals surface area contributed by atoms with Crippen LogP contribution >= 0.6 is 0 Å². The third-order valence-corrected chi connectivity index (χ3v) is 4.23. The minimum absolute atomic E-state index is 0.141. The van der Waals surface area contributed by atoms with Gasteiger partial charge in [-0.05, 0) is 44.6 Å². The average molecular weight is 280 g/mol. The summed E-state index contributed by atoms with van der Waals surface area (Å²) in [6.07, 6.45) is 11.0. The Morgan fingerprint density at radius 1 is 1.26 bits per heavy atom. The molecule has 0 aromatic carbocycles. The summed E-state index contributed by atoms with van der Waals surface area (Å²) in [6.45, 7) is 10.9. The molecule has 108 valence electrons. The molecule has 0 saturated heterocycles. The second kappa shape index (κ2) is 6.66. The van der Waals surface area contributed by atoms with Crippen LogP contribution < -0.4 is 0 Å². The molecule has 1 atom stereocenters. The van der Waals surface area contributed by atoms with Crippen molar-refractivity contribution in [2.45, 2.75) is 71.2 Å². The molecule has 2 nitrogen and oxygen atoms in total. The van der Waals surface area contributed by atoms with Crippen LogP contribution in [0.3, 0.4) is 0 Å². The molecular formula is C16H28O2Si. The van der Waals surface area contributed by atoms with E-state index in [1.807, 2.05) is 6.08 Å². The smallest absolute Gasteiger partial charge is 0.185 e. The maximum atomic E-state index is 12.1. The van der Waals surface area contributed by atoms with Gasteiger partial charge in [-0.3, -0.25) is 4.79 Å². The van der Waals surface area contributed by atoms with Crippen molar-refractivity contribution in [2.75, 3.05) is 0 Å². The molecule has 0 aromatic rings. The summed E-state index contributed by atoms with van der Waals surface area (Å²) < 4.78 is 6.43. The van der Waals surface area contributed by atoms with E-state index >= 15 is 0 Å². The topological polar surface area (TPSA) is 26.3 Å². The summed E-state index contributed by atoms with van der Waals surface area (Å²) in [5.41, 5.74) is 0.442. The Bertz CT molecular complexity index is 377. The normalized spacial score (nSPS) is 25.5. The van der Waals surface area contributed by atoms with Crippen molar-refractivity contribution in [3.05, 3.63) is 23.8 Å². The molecule has 0 heterocycles. The number of allylic oxidation sites excluding steroid dienone is 2. The van der Waals surface area contributed by atoms with E-state index in [9.17, 15) is 4.79 Å². The van der Waals surface area contributed by atoms with Crippen molar-refractivity contribution in [1.82, 2.24) is 0 Å². The van der Waals surface area contributed by atoms with Gasteiger partial charge in [0.15, 0.2) is 14.1 Å². The first-order valence-corrected chi connectivity index (χ1v) is 10.9. The summed E-state index contributed by atoms with van der Waals surface area (Å²) in [6, 6.07) is 0. The zero-order chi connectivity index (χ0) is 14.5. The summed E-state index contributed by atoms with van der Waals surface area (Å²) in [4.78, 5) is 12.1. The van der Waals surface area contributed by atoms with E-state index in [-0.39, 0.29) is 5.78 Å². The molecule has 0 bridgehead atoms. The SMILES string of the molecule is CCCC=C1C(=O)C=CC1(CCCC)O[Si](C)(C)C. The monoisotopic (exact) mass is 280 g/mol. The molecule has 3 heteroatoms. The van der Waals surface area contributed by atoms with E-state index < -0.39 is 13.9 Å². The molecule has 1 unspecified atom stereocenters. The van der Waals surface area contributed by atoms with Gasteiger partial charge >= 0.3 is 0 Å². The van der Waals surface area contributed by atoms with E-state index in [0.717, 1.165) is 37.7 Å². The molecule has 0 spiro atoms. The highest BCUT2D eigenvalue weighted by Crippen LogP contribution is 2.38. The first kappa shape index (κ1) is 16.4. The second-order valence-corrected chi connectivity index (χ2v) is 10.7. The number of carbonyl (C=O) groups is 1. The van der Waals surface area contributed by atoms with Crippen LogP contribution in [0.4, 0.5) is 0 Å². The van der Waals surface area contributed by atoms with Crippen molar-refractivity contribution in [3.63, 3.8) is 0 Å². The van der Waals surface area contributed by atoms with Crippen LogP contribution in [0, 0.1) is 0 Å². The standard InChI is InChI=1S/C16H28O2Si/c1-6-8-10-14-15(17)11-13-16(14,12-9-7-2)18-19(3,4)5/h10-11,13H,6-9,12H2,1-5H3. The highest BCUT2D eigenvalue weighted by molar-refractivity contribution is 6.70. The predicted octanol–water partition coefficient (Wildman–Crippen LogP) is 4.63. The highest BCUT2D eigenvalue weighted by atomic mass is 28.4. The number of unbranched alkanes of at least 4 members (excludes halogenated alkanes) is 2. The molecule has 0 amide bonds. The number of ketones is 1. The molecule has 1 aliphatic carbocycles. The Balaban J connectivity index is 3.06. The lowest BCUT2D eigenvalue weighted by Crippen LogP contribution is -2.42. The van der Waals surface area contributed by atoms with Crippen molar-refractivity contribution >= 4 is 14.1 Å². The van der Waals surface area contributed by atoms with Crippen molar-refractivity contribution in [3.8, 4) is 0 Å². The number of carbonyl (C=O) groups excluding carboxylic acids is 1. The van der Waals surface area contributed by atoms with Gasteiger partial charge in [0.1, 0.15) is 5.60 Å². The number of rotatable bonds is 7. The fourth-order valence-electron chi connectivity index (χ4n) is 2.50. The molecule has 0 N–H and O–H groups in total. The maximum Gasteiger partial charge on any atom is 0.185 e. The van der Waals surface area contributed by atoms with Gasteiger partial charge in [0, 0.05) is 5.57 Å². The van der Waals surface area contributed by atoms with Crippen LogP contribution in [0.15, 0.2) is 23.8 Å². The van der Waals surface area contributed by atoms with E-state index in [1.165, 1.54) is 0 Å². The first-order chi connectivity index (χ1) is 8.84. The molecular weight excluding hydrogens is 252 g/mol. The zero-order valence-corrected chi connectivity index (χ0v) is 14.1. The van der Waals surface area contributed by atoms with E-state index in [2.05, 4.69) is 39.6 Å². The minimum Gasteiger partial charge on any atom is -0.405 e. The Labute approximate surface area is 119 Å². The Hall–Kier alpha value is -0.673. The van der Waals surface area contributed by atoms with E-state index in [0.29, 0.717) is 0 Å². The lowest BCUT2D eigenvalue weighted by Gasteiger charge is -2.36. The van der Waals surface area contributed by atoms with Crippen molar-refractivity contribution < 1.29 is 9.22 Å². The second-order valence-electron chi connectivity index (χ2n) is 6.31. The maximum absolute atomic E-state index is 12.1. The summed E-state index contributed by atoms with van der Waals surface area (Å²) in [5.74, 6) is 0.141. The average Bonchev–Trinajstić information content (AvgIpc) is 2.60. The summed E-state index contributed by atoms with van der Waals surface area (Å²) >= 11 is 0. The molecule has 19 heavy (non-hydrogen) atoms. The third kappa shape index (κ3) is 4.43. The lowest BCUT2D eigenvalue weighted by molar-refractivity contribution is -0.112. The van der Waals surface area contributed by atoms with Crippen molar-refractivity contribution in [1.29, 1.82) is 0 Å². The number of hydrogen-bond donors (Lipinski definition) is 0. The Kier molecular flexibility index (Phi) is 5.75. The highest BCUT2D eigenvalue weighted by Gasteiger charge is 2.42. The van der Waals surface area contributed by atoms with Crippen LogP contribution in [0.2, 0.25) is 19.6 Å². The van der Waals surface area contributed by atoms with Crippen LogP contribution in [-0.4, -0.2) is 19.7 Å². The van der Waals surface area contributed by atoms with Gasteiger partial charge in [-0.2, -0.15) is 0 Å².